The Balaban J connectivity index is 1.71. The van der Waals surface area contributed by atoms with Crippen molar-refractivity contribution in [1.29, 1.82) is 0 Å². The molecule has 0 radical (unpaired) electrons. The van der Waals surface area contributed by atoms with Gasteiger partial charge in [-0.2, -0.15) is 5.10 Å². The first-order valence-electron chi connectivity index (χ1n) is 8.19. The Kier molecular flexibility index (Phi) is 3.83. The van der Waals surface area contributed by atoms with E-state index in [1.807, 2.05) is 36.4 Å². The van der Waals surface area contributed by atoms with Crippen LogP contribution in [0.25, 0.3) is 0 Å². The first-order chi connectivity index (χ1) is 11.8. The highest BCUT2D eigenvalue weighted by Crippen LogP contribution is 2.36. The maximum atomic E-state index is 11.4. The van der Waals surface area contributed by atoms with Crippen LogP contribution in [0.1, 0.15) is 24.4 Å². The molecule has 1 unspecified atom stereocenters. The van der Waals surface area contributed by atoms with E-state index >= 15 is 0 Å². The van der Waals surface area contributed by atoms with Gasteiger partial charge in [-0.1, -0.05) is 54.6 Å². The van der Waals surface area contributed by atoms with Gasteiger partial charge in [0.2, 0.25) is 0 Å². The van der Waals surface area contributed by atoms with Crippen LogP contribution in [0.5, 0.6) is 0 Å². The molecule has 2 aliphatic rings. The Bertz CT molecular complexity index is 835. The maximum absolute atomic E-state index is 11.4. The first kappa shape index (κ1) is 14.6. The summed E-state index contributed by atoms with van der Waals surface area (Å²) < 4.78 is 0. The number of hydrogen-bond acceptors (Lipinski definition) is 3. The fraction of sp³-hybridized carbons (Fsp3) is 0.143. The van der Waals surface area contributed by atoms with E-state index in [2.05, 4.69) is 41.4 Å². The van der Waals surface area contributed by atoms with Crippen molar-refractivity contribution >= 4 is 17.2 Å². The monoisotopic (exact) mass is 314 g/mol. The molecule has 3 heteroatoms. The van der Waals surface area contributed by atoms with Crippen molar-refractivity contribution in [2.45, 2.75) is 18.9 Å². The van der Waals surface area contributed by atoms with Crippen molar-refractivity contribution in [2.75, 3.05) is 5.01 Å². The third kappa shape index (κ3) is 2.81. The van der Waals surface area contributed by atoms with Crippen molar-refractivity contribution in [3.63, 3.8) is 0 Å². The van der Waals surface area contributed by atoms with Crippen LogP contribution in [0.4, 0.5) is 5.69 Å². The summed E-state index contributed by atoms with van der Waals surface area (Å²) >= 11 is 0. The van der Waals surface area contributed by atoms with Gasteiger partial charge in [-0.15, -0.1) is 0 Å². The van der Waals surface area contributed by atoms with E-state index in [4.69, 9.17) is 5.10 Å². The molecule has 1 atom stereocenters. The molecule has 0 amide bonds. The van der Waals surface area contributed by atoms with Crippen LogP contribution >= 0.6 is 0 Å². The number of ketones is 1. The lowest BCUT2D eigenvalue weighted by molar-refractivity contribution is -0.113. The minimum atomic E-state index is 0.150. The van der Waals surface area contributed by atoms with Gasteiger partial charge in [0.25, 0.3) is 0 Å². The van der Waals surface area contributed by atoms with Crippen LogP contribution in [0.2, 0.25) is 0 Å². The zero-order valence-electron chi connectivity index (χ0n) is 13.3. The fourth-order valence-electron chi connectivity index (χ4n) is 3.18. The van der Waals surface area contributed by atoms with Crippen LogP contribution in [0.15, 0.2) is 89.6 Å². The van der Waals surface area contributed by atoms with Gasteiger partial charge in [0.15, 0.2) is 5.78 Å². The summed E-state index contributed by atoms with van der Waals surface area (Å²) in [5.41, 5.74) is 4.43. The molecule has 1 aliphatic heterocycles. The molecule has 1 heterocycles. The van der Waals surface area contributed by atoms with Crippen LogP contribution in [-0.2, 0) is 4.79 Å². The first-order valence-corrected chi connectivity index (χ1v) is 8.19. The lowest BCUT2D eigenvalue weighted by atomic mass is 9.95. The number of carbonyl (C=O) groups excluding carboxylic acids is 1. The summed E-state index contributed by atoms with van der Waals surface area (Å²) in [5.74, 6) is 0.150. The second kappa shape index (κ2) is 6.28. The molecule has 2 aromatic rings. The van der Waals surface area contributed by atoms with Crippen LogP contribution in [0, 0.1) is 0 Å². The number of carbonyl (C=O) groups is 1. The number of benzene rings is 2. The Morgan fingerprint density at radius 2 is 1.62 bits per heavy atom. The molecule has 0 bridgehead atoms. The molecule has 118 valence electrons. The van der Waals surface area contributed by atoms with Gasteiger partial charge in [-0.25, -0.2) is 0 Å². The number of para-hydroxylation sites is 1. The number of hydrogen-bond donors (Lipinski definition) is 0. The summed E-state index contributed by atoms with van der Waals surface area (Å²) in [6.45, 7) is 0. The Labute approximate surface area is 141 Å². The van der Waals surface area contributed by atoms with Crippen LogP contribution < -0.4 is 5.01 Å². The van der Waals surface area contributed by atoms with Gasteiger partial charge in [0.05, 0.1) is 17.4 Å². The molecule has 2 aromatic carbocycles. The molecule has 3 nitrogen and oxygen atoms in total. The van der Waals surface area contributed by atoms with Gasteiger partial charge in [-0.05, 0) is 35.4 Å². The summed E-state index contributed by atoms with van der Waals surface area (Å²) in [5, 5.41) is 6.98. The topological polar surface area (TPSA) is 32.7 Å². The van der Waals surface area contributed by atoms with Crippen LogP contribution in [0.3, 0.4) is 0 Å². The predicted octanol–water partition coefficient (Wildman–Crippen LogP) is 4.45. The number of allylic oxidation sites excluding steroid dienone is 4. The van der Waals surface area contributed by atoms with E-state index < -0.39 is 0 Å². The highest BCUT2D eigenvalue weighted by molar-refractivity contribution is 6.08. The van der Waals surface area contributed by atoms with Gasteiger partial charge in [0.1, 0.15) is 0 Å². The van der Waals surface area contributed by atoms with E-state index in [-0.39, 0.29) is 11.8 Å². The van der Waals surface area contributed by atoms with Gasteiger partial charge < -0.3 is 0 Å². The highest BCUT2D eigenvalue weighted by Gasteiger charge is 2.30. The molecule has 0 saturated heterocycles. The third-order valence-corrected chi connectivity index (χ3v) is 4.42. The van der Waals surface area contributed by atoms with Gasteiger partial charge in [0, 0.05) is 12.8 Å². The van der Waals surface area contributed by atoms with Crippen molar-refractivity contribution in [3.05, 3.63) is 90.0 Å². The molecular weight excluding hydrogens is 296 g/mol. The molecule has 0 saturated carbocycles. The SMILES string of the molecule is O=C1C=CC(C2=NN(c3ccccc3)C(c3ccccc3)C2)=CC1. The van der Waals surface area contributed by atoms with Crippen molar-refractivity contribution in [1.82, 2.24) is 0 Å². The zero-order valence-corrected chi connectivity index (χ0v) is 13.3. The van der Waals surface area contributed by atoms with Crippen LogP contribution in [-0.4, -0.2) is 11.5 Å². The molecule has 0 fully saturated rings. The van der Waals surface area contributed by atoms with E-state index in [9.17, 15) is 4.79 Å². The Morgan fingerprint density at radius 3 is 2.29 bits per heavy atom. The molecule has 0 aromatic heterocycles. The summed E-state index contributed by atoms with van der Waals surface area (Å²) in [7, 11) is 0. The Morgan fingerprint density at radius 1 is 0.917 bits per heavy atom. The minimum absolute atomic E-state index is 0.150. The van der Waals surface area contributed by atoms with Crippen molar-refractivity contribution in [3.8, 4) is 0 Å². The number of rotatable bonds is 3. The third-order valence-electron chi connectivity index (χ3n) is 4.42. The van der Waals surface area contributed by atoms with Gasteiger partial charge >= 0.3 is 0 Å². The quantitative estimate of drug-likeness (QED) is 0.838. The molecule has 0 spiro atoms. The van der Waals surface area contributed by atoms with Crippen molar-refractivity contribution in [2.24, 2.45) is 5.10 Å². The normalized spacial score (nSPS) is 20.1. The predicted molar refractivity (Wildman–Crippen MR) is 97.0 cm³/mol. The van der Waals surface area contributed by atoms with Gasteiger partial charge in [-0.3, -0.25) is 9.80 Å². The summed E-state index contributed by atoms with van der Waals surface area (Å²) in [4.78, 5) is 11.4. The summed E-state index contributed by atoms with van der Waals surface area (Å²) in [6, 6.07) is 20.9. The zero-order chi connectivity index (χ0) is 16.4. The minimum Gasteiger partial charge on any atom is -0.295 e. The molecule has 24 heavy (non-hydrogen) atoms. The fourth-order valence-corrected chi connectivity index (χ4v) is 3.18. The largest absolute Gasteiger partial charge is 0.295 e. The number of hydrazone groups is 1. The molecule has 4 rings (SSSR count). The van der Waals surface area contributed by atoms with Crippen molar-refractivity contribution < 1.29 is 4.79 Å². The average Bonchev–Trinajstić information content (AvgIpc) is 3.09. The lowest BCUT2D eigenvalue weighted by Gasteiger charge is -2.23. The van der Waals surface area contributed by atoms with E-state index in [0.29, 0.717) is 6.42 Å². The molecular formula is C21H18N2O. The number of nitrogens with zero attached hydrogens (tertiary/aromatic N) is 2. The second-order valence-electron chi connectivity index (χ2n) is 6.02. The smallest absolute Gasteiger partial charge is 0.159 e. The van der Waals surface area contributed by atoms with E-state index in [1.165, 1.54) is 5.56 Å². The Hall–Kier alpha value is -2.94. The lowest BCUT2D eigenvalue weighted by Crippen LogP contribution is -2.18. The summed E-state index contributed by atoms with van der Waals surface area (Å²) in [6.07, 6.45) is 6.83. The highest BCUT2D eigenvalue weighted by atomic mass is 16.1. The number of anilines is 1. The maximum Gasteiger partial charge on any atom is 0.159 e. The second-order valence-corrected chi connectivity index (χ2v) is 6.02. The molecule has 0 N–H and O–H groups in total. The standard InChI is InChI=1S/C21H18N2O/c24-19-13-11-16(12-14-19)20-15-21(17-7-3-1-4-8-17)23(22-20)18-9-5-2-6-10-18/h1-13,21H,14-15H2. The average molecular weight is 314 g/mol. The van der Waals surface area contributed by atoms with E-state index in [0.717, 1.165) is 23.4 Å². The van der Waals surface area contributed by atoms with E-state index in [1.54, 1.807) is 6.08 Å². The molecule has 1 aliphatic carbocycles.